The first kappa shape index (κ1) is 21.1. The molecule has 9 heteroatoms. The van der Waals surface area contributed by atoms with Gasteiger partial charge < -0.3 is 15.2 Å². The van der Waals surface area contributed by atoms with Crippen molar-refractivity contribution < 1.29 is 19.6 Å². The number of phenolic OH excluding ortho intramolecular Hbond substituents is 1. The Kier molecular flexibility index (Phi) is 7.28. The van der Waals surface area contributed by atoms with Crippen molar-refractivity contribution in [2.75, 3.05) is 11.9 Å². The minimum absolute atomic E-state index is 0.0496. The molecule has 0 atom stereocenters. The van der Waals surface area contributed by atoms with Crippen LogP contribution in [0.1, 0.15) is 30.6 Å². The van der Waals surface area contributed by atoms with Crippen LogP contribution >= 0.6 is 12.2 Å². The zero-order chi connectivity index (χ0) is 20.7. The number of hydrogen-bond donors (Lipinski definition) is 3. The molecule has 2 aromatic carbocycles. The summed E-state index contributed by atoms with van der Waals surface area (Å²) >= 11 is 5.05. The van der Waals surface area contributed by atoms with Gasteiger partial charge in [-0.25, -0.2) is 0 Å². The van der Waals surface area contributed by atoms with Crippen molar-refractivity contribution >= 4 is 34.6 Å². The summed E-state index contributed by atoms with van der Waals surface area (Å²) in [6.07, 6.45) is 0.942. The van der Waals surface area contributed by atoms with E-state index in [1.807, 2.05) is 0 Å². The van der Waals surface area contributed by atoms with E-state index in [-0.39, 0.29) is 22.2 Å². The zero-order valence-corrected chi connectivity index (χ0v) is 16.3. The van der Waals surface area contributed by atoms with Crippen molar-refractivity contribution in [3.63, 3.8) is 0 Å². The highest BCUT2D eigenvalue weighted by Crippen LogP contribution is 2.27. The summed E-state index contributed by atoms with van der Waals surface area (Å²) in [5.74, 6) is 0.434. The van der Waals surface area contributed by atoms with Crippen LogP contribution in [0, 0.1) is 16.0 Å². The molecule has 28 heavy (non-hydrogen) atoms. The summed E-state index contributed by atoms with van der Waals surface area (Å²) in [6.45, 7) is 4.84. The molecule has 0 saturated carbocycles. The van der Waals surface area contributed by atoms with Gasteiger partial charge in [0, 0.05) is 11.6 Å². The zero-order valence-electron chi connectivity index (χ0n) is 15.5. The van der Waals surface area contributed by atoms with Gasteiger partial charge in [-0.2, -0.15) is 0 Å². The van der Waals surface area contributed by atoms with E-state index in [2.05, 4.69) is 24.5 Å². The molecule has 2 aromatic rings. The minimum atomic E-state index is -0.625. The molecular weight excluding hydrogens is 382 g/mol. The van der Waals surface area contributed by atoms with E-state index < -0.39 is 10.8 Å². The van der Waals surface area contributed by atoms with Crippen molar-refractivity contribution in [2.45, 2.75) is 20.3 Å². The fourth-order valence-electron chi connectivity index (χ4n) is 2.18. The number of benzene rings is 2. The van der Waals surface area contributed by atoms with E-state index in [9.17, 15) is 20.0 Å². The molecule has 0 radical (unpaired) electrons. The molecule has 0 aliphatic heterocycles. The average molecular weight is 403 g/mol. The molecule has 148 valence electrons. The molecule has 1 amide bonds. The lowest BCUT2D eigenvalue weighted by atomic mass is 10.1. The number of nitrogens with zero attached hydrogens (tertiary/aromatic N) is 1. The Hall–Kier alpha value is -3.20. The lowest BCUT2D eigenvalue weighted by molar-refractivity contribution is -0.384. The van der Waals surface area contributed by atoms with Crippen LogP contribution in [0.2, 0.25) is 0 Å². The van der Waals surface area contributed by atoms with Crippen LogP contribution in [0.4, 0.5) is 11.4 Å². The maximum atomic E-state index is 12.3. The Balaban J connectivity index is 1.91. The third-order valence-corrected chi connectivity index (χ3v) is 3.95. The van der Waals surface area contributed by atoms with Crippen LogP contribution in [-0.2, 0) is 0 Å². The summed E-state index contributed by atoms with van der Waals surface area (Å²) in [6, 6.07) is 10.1. The molecule has 3 N–H and O–H groups in total. The highest BCUT2D eigenvalue weighted by molar-refractivity contribution is 7.80. The van der Waals surface area contributed by atoms with Gasteiger partial charge in [0.25, 0.3) is 11.6 Å². The fraction of sp³-hybridized carbons (Fsp3) is 0.263. The van der Waals surface area contributed by atoms with E-state index in [0.717, 1.165) is 12.5 Å². The van der Waals surface area contributed by atoms with Crippen molar-refractivity contribution in [3.8, 4) is 11.5 Å². The summed E-state index contributed by atoms with van der Waals surface area (Å²) in [5.41, 5.74) is 0.270. The quantitative estimate of drug-likeness (QED) is 0.278. The normalized spacial score (nSPS) is 10.4. The van der Waals surface area contributed by atoms with Gasteiger partial charge >= 0.3 is 0 Å². The number of nitro groups is 1. The number of carbonyl (C=O) groups excluding carboxylic acids is 1. The van der Waals surface area contributed by atoms with Crippen molar-refractivity contribution in [2.24, 2.45) is 5.92 Å². The average Bonchev–Trinajstić information content (AvgIpc) is 2.63. The number of phenols is 1. The molecule has 0 fully saturated rings. The van der Waals surface area contributed by atoms with Crippen molar-refractivity contribution in [3.05, 3.63) is 58.1 Å². The lowest BCUT2D eigenvalue weighted by Gasteiger charge is -2.11. The highest BCUT2D eigenvalue weighted by atomic mass is 32.1. The van der Waals surface area contributed by atoms with Crippen LogP contribution in [0.3, 0.4) is 0 Å². The number of nitrogens with one attached hydrogen (secondary N) is 2. The van der Waals surface area contributed by atoms with Crippen LogP contribution in [-0.4, -0.2) is 27.7 Å². The molecule has 0 heterocycles. The molecule has 0 aromatic heterocycles. The minimum Gasteiger partial charge on any atom is -0.506 e. The largest absolute Gasteiger partial charge is 0.506 e. The second-order valence-corrected chi connectivity index (χ2v) is 6.83. The van der Waals surface area contributed by atoms with Gasteiger partial charge in [0.1, 0.15) is 11.5 Å². The molecule has 0 saturated heterocycles. The van der Waals surface area contributed by atoms with E-state index in [1.165, 1.54) is 12.1 Å². The predicted octanol–water partition coefficient (Wildman–Crippen LogP) is 3.85. The number of rotatable bonds is 7. The number of thiocarbonyl (C=S) groups is 1. The summed E-state index contributed by atoms with van der Waals surface area (Å²) < 4.78 is 5.61. The van der Waals surface area contributed by atoms with Gasteiger partial charge in [-0.05, 0) is 54.9 Å². The first-order valence-electron chi connectivity index (χ1n) is 8.59. The SMILES string of the molecule is CC(C)CCOc1ccc(C(=O)NC(=S)Nc2ccc([N+](=O)[O-])cc2O)cc1. The van der Waals surface area contributed by atoms with Gasteiger partial charge in [-0.3, -0.25) is 20.2 Å². The molecule has 8 nitrogen and oxygen atoms in total. The van der Waals surface area contributed by atoms with Crippen LogP contribution in [0.25, 0.3) is 0 Å². The first-order valence-corrected chi connectivity index (χ1v) is 8.99. The number of amides is 1. The topological polar surface area (TPSA) is 114 Å². The van der Waals surface area contributed by atoms with E-state index in [4.69, 9.17) is 17.0 Å². The monoisotopic (exact) mass is 403 g/mol. The van der Waals surface area contributed by atoms with Gasteiger partial charge in [0.2, 0.25) is 0 Å². The first-order chi connectivity index (χ1) is 13.3. The number of aromatic hydroxyl groups is 1. The van der Waals surface area contributed by atoms with E-state index in [0.29, 0.717) is 23.8 Å². The molecule has 0 bridgehead atoms. The van der Waals surface area contributed by atoms with Gasteiger partial charge in [0.15, 0.2) is 5.11 Å². The van der Waals surface area contributed by atoms with Gasteiger partial charge in [0.05, 0.1) is 23.3 Å². The maximum absolute atomic E-state index is 12.3. The number of hydrogen-bond acceptors (Lipinski definition) is 6. The van der Waals surface area contributed by atoms with Crippen LogP contribution < -0.4 is 15.4 Å². The molecule has 0 aliphatic carbocycles. The Morgan fingerprint density at radius 2 is 1.93 bits per heavy atom. The third-order valence-electron chi connectivity index (χ3n) is 3.75. The second kappa shape index (κ2) is 9.65. The third kappa shape index (κ3) is 6.20. The molecule has 0 aliphatic rings. The summed E-state index contributed by atoms with van der Waals surface area (Å²) in [4.78, 5) is 22.3. The molecular formula is C19H21N3O5S. The van der Waals surface area contributed by atoms with Gasteiger partial charge in [-0.15, -0.1) is 0 Å². The lowest BCUT2D eigenvalue weighted by Crippen LogP contribution is -2.34. The van der Waals surface area contributed by atoms with E-state index >= 15 is 0 Å². The molecule has 0 spiro atoms. The van der Waals surface area contributed by atoms with Crippen LogP contribution in [0.15, 0.2) is 42.5 Å². The van der Waals surface area contributed by atoms with Crippen molar-refractivity contribution in [1.82, 2.24) is 5.32 Å². The number of carbonyl (C=O) groups is 1. The standard InChI is InChI=1S/C19H21N3O5S/c1-12(2)9-10-27-15-6-3-13(4-7-15)18(24)21-19(28)20-16-8-5-14(22(25)26)11-17(16)23/h3-8,11-12,23H,9-10H2,1-2H3,(H2,20,21,24,28). The molecule has 0 unspecified atom stereocenters. The Morgan fingerprint density at radius 1 is 1.25 bits per heavy atom. The number of non-ortho nitro benzene ring substituents is 1. The van der Waals surface area contributed by atoms with E-state index in [1.54, 1.807) is 24.3 Å². The fourth-order valence-corrected chi connectivity index (χ4v) is 2.39. The summed E-state index contributed by atoms with van der Waals surface area (Å²) in [5, 5.41) is 25.6. The smallest absolute Gasteiger partial charge is 0.273 e. The summed E-state index contributed by atoms with van der Waals surface area (Å²) in [7, 11) is 0. The Morgan fingerprint density at radius 3 is 2.50 bits per heavy atom. The van der Waals surface area contributed by atoms with Crippen LogP contribution in [0.5, 0.6) is 11.5 Å². The number of nitro benzene ring substituents is 1. The number of anilines is 1. The van der Waals surface area contributed by atoms with Crippen molar-refractivity contribution in [1.29, 1.82) is 0 Å². The molecule has 2 rings (SSSR count). The number of ether oxygens (including phenoxy) is 1. The predicted molar refractivity (Wildman–Crippen MR) is 110 cm³/mol. The maximum Gasteiger partial charge on any atom is 0.273 e. The van der Waals surface area contributed by atoms with Gasteiger partial charge in [-0.1, -0.05) is 13.8 Å². The second-order valence-electron chi connectivity index (χ2n) is 6.42. The highest BCUT2D eigenvalue weighted by Gasteiger charge is 2.13. The Bertz CT molecular complexity index is 868. The Labute approximate surface area is 167 Å².